The van der Waals surface area contributed by atoms with Crippen molar-refractivity contribution in [2.24, 2.45) is 5.92 Å². The van der Waals surface area contributed by atoms with Crippen LogP contribution in [-0.2, 0) is 11.2 Å². The van der Waals surface area contributed by atoms with E-state index in [1.807, 2.05) is 0 Å². The molecular weight excluding hydrogens is 216 g/mol. The first kappa shape index (κ1) is 12.3. The van der Waals surface area contributed by atoms with E-state index in [4.69, 9.17) is 4.52 Å². The average molecular weight is 236 g/mol. The molecule has 0 spiro atoms. The molecule has 0 saturated heterocycles. The Balaban J connectivity index is 2.09. The summed E-state index contributed by atoms with van der Waals surface area (Å²) < 4.78 is 5.25. The van der Waals surface area contributed by atoms with Gasteiger partial charge in [-0.25, -0.2) is 0 Å². The molecule has 17 heavy (non-hydrogen) atoms. The van der Waals surface area contributed by atoms with Crippen molar-refractivity contribution in [2.75, 3.05) is 0 Å². The number of ketones is 1. The fourth-order valence-electron chi connectivity index (χ4n) is 2.28. The van der Waals surface area contributed by atoms with Crippen LogP contribution in [0.3, 0.4) is 0 Å². The van der Waals surface area contributed by atoms with Crippen molar-refractivity contribution < 1.29 is 9.32 Å². The highest BCUT2D eigenvalue weighted by molar-refractivity contribution is 5.84. The quantitative estimate of drug-likeness (QED) is 0.757. The van der Waals surface area contributed by atoms with E-state index in [0.717, 1.165) is 37.9 Å². The molecule has 0 N–H and O–H groups in total. The molecule has 1 aliphatic rings. The molecule has 0 radical (unpaired) electrons. The first-order valence-corrected chi connectivity index (χ1v) is 6.52. The van der Waals surface area contributed by atoms with E-state index < -0.39 is 0 Å². The lowest BCUT2D eigenvalue weighted by Crippen LogP contribution is -2.11. The number of hydrogen-bond donors (Lipinski definition) is 0. The van der Waals surface area contributed by atoms with E-state index in [0.29, 0.717) is 18.2 Å². The predicted octanol–water partition coefficient (Wildman–Crippen LogP) is 2.88. The SMILES string of the molecule is CC(C)Cc1noc(C2CCCCCC2=O)n1. The van der Waals surface area contributed by atoms with Gasteiger partial charge in [0, 0.05) is 12.8 Å². The molecule has 1 aromatic rings. The van der Waals surface area contributed by atoms with Gasteiger partial charge in [0.05, 0.1) is 5.92 Å². The minimum Gasteiger partial charge on any atom is -0.339 e. The van der Waals surface area contributed by atoms with Crippen LogP contribution >= 0.6 is 0 Å². The molecule has 1 saturated carbocycles. The van der Waals surface area contributed by atoms with E-state index in [1.165, 1.54) is 0 Å². The minimum atomic E-state index is -0.147. The van der Waals surface area contributed by atoms with Crippen LogP contribution in [0.5, 0.6) is 0 Å². The van der Waals surface area contributed by atoms with Gasteiger partial charge in [-0.15, -0.1) is 0 Å². The van der Waals surface area contributed by atoms with Crippen LogP contribution in [0.25, 0.3) is 0 Å². The molecule has 0 aromatic carbocycles. The summed E-state index contributed by atoms with van der Waals surface area (Å²) in [6.45, 7) is 4.24. The predicted molar refractivity (Wildman–Crippen MR) is 63.7 cm³/mol. The molecule has 4 nitrogen and oxygen atoms in total. The highest BCUT2D eigenvalue weighted by Crippen LogP contribution is 2.28. The number of aromatic nitrogens is 2. The Morgan fingerprint density at radius 2 is 2.18 bits per heavy atom. The fourth-order valence-corrected chi connectivity index (χ4v) is 2.28. The van der Waals surface area contributed by atoms with E-state index >= 15 is 0 Å². The van der Waals surface area contributed by atoms with Crippen molar-refractivity contribution in [2.45, 2.75) is 58.3 Å². The first-order valence-electron chi connectivity index (χ1n) is 6.52. The molecule has 0 bridgehead atoms. The third-order valence-corrected chi connectivity index (χ3v) is 3.18. The van der Waals surface area contributed by atoms with Crippen LogP contribution in [0.2, 0.25) is 0 Å². The normalized spacial score (nSPS) is 21.8. The Bertz CT molecular complexity index is 385. The molecule has 94 valence electrons. The Kier molecular flexibility index (Phi) is 3.92. The molecule has 1 atom stereocenters. The van der Waals surface area contributed by atoms with Crippen molar-refractivity contribution in [1.82, 2.24) is 10.1 Å². The monoisotopic (exact) mass is 236 g/mol. The van der Waals surface area contributed by atoms with Gasteiger partial charge in [-0.2, -0.15) is 4.98 Å². The van der Waals surface area contributed by atoms with Gasteiger partial charge in [-0.05, 0) is 18.8 Å². The summed E-state index contributed by atoms with van der Waals surface area (Å²) in [6, 6.07) is 0. The van der Waals surface area contributed by atoms with E-state index in [-0.39, 0.29) is 11.7 Å². The molecule has 4 heteroatoms. The van der Waals surface area contributed by atoms with Crippen LogP contribution < -0.4 is 0 Å². The minimum absolute atomic E-state index is 0.147. The summed E-state index contributed by atoms with van der Waals surface area (Å²) in [5.41, 5.74) is 0. The standard InChI is InChI=1S/C13H20N2O2/c1-9(2)8-12-14-13(17-15-12)10-6-4-3-5-7-11(10)16/h9-10H,3-8H2,1-2H3. The van der Waals surface area contributed by atoms with Gasteiger partial charge >= 0.3 is 0 Å². The molecule has 0 aliphatic heterocycles. The second-order valence-corrected chi connectivity index (χ2v) is 5.27. The third kappa shape index (κ3) is 3.14. The lowest BCUT2D eigenvalue weighted by molar-refractivity contribution is -0.120. The average Bonchev–Trinajstić information content (AvgIpc) is 2.59. The number of Topliss-reactive ketones (excluding diaryl/α,β-unsaturated/α-hetero) is 1. The first-order chi connectivity index (χ1) is 8.16. The zero-order valence-corrected chi connectivity index (χ0v) is 10.6. The van der Waals surface area contributed by atoms with Gasteiger partial charge in [0.25, 0.3) is 0 Å². The highest BCUT2D eigenvalue weighted by atomic mass is 16.5. The molecule has 1 aliphatic carbocycles. The molecule has 1 heterocycles. The lowest BCUT2D eigenvalue weighted by atomic mass is 9.99. The molecular formula is C13H20N2O2. The van der Waals surface area contributed by atoms with Crippen molar-refractivity contribution in [3.63, 3.8) is 0 Å². The van der Waals surface area contributed by atoms with Crippen LogP contribution in [0.4, 0.5) is 0 Å². The van der Waals surface area contributed by atoms with E-state index in [1.54, 1.807) is 0 Å². The van der Waals surface area contributed by atoms with Crippen LogP contribution in [0.1, 0.15) is 63.6 Å². The Morgan fingerprint density at radius 1 is 1.35 bits per heavy atom. The molecule has 2 rings (SSSR count). The van der Waals surface area contributed by atoms with Gasteiger partial charge in [0.15, 0.2) is 5.82 Å². The summed E-state index contributed by atoms with van der Waals surface area (Å²) >= 11 is 0. The Morgan fingerprint density at radius 3 is 2.94 bits per heavy atom. The topological polar surface area (TPSA) is 56.0 Å². The van der Waals surface area contributed by atoms with Gasteiger partial charge in [0.1, 0.15) is 5.78 Å². The van der Waals surface area contributed by atoms with Gasteiger partial charge < -0.3 is 4.52 Å². The van der Waals surface area contributed by atoms with Crippen molar-refractivity contribution >= 4 is 5.78 Å². The number of hydrogen-bond acceptors (Lipinski definition) is 4. The smallest absolute Gasteiger partial charge is 0.237 e. The molecule has 1 unspecified atom stereocenters. The van der Waals surface area contributed by atoms with Crippen LogP contribution in [0, 0.1) is 5.92 Å². The van der Waals surface area contributed by atoms with Crippen molar-refractivity contribution in [3.05, 3.63) is 11.7 Å². The molecule has 1 fully saturated rings. The number of carbonyl (C=O) groups excluding carboxylic acids is 1. The number of rotatable bonds is 3. The van der Waals surface area contributed by atoms with Crippen molar-refractivity contribution in [1.29, 1.82) is 0 Å². The van der Waals surface area contributed by atoms with E-state index in [9.17, 15) is 4.79 Å². The highest BCUT2D eigenvalue weighted by Gasteiger charge is 2.27. The van der Waals surface area contributed by atoms with Crippen LogP contribution in [-0.4, -0.2) is 15.9 Å². The lowest BCUT2D eigenvalue weighted by Gasteiger charge is -2.06. The van der Waals surface area contributed by atoms with Gasteiger partial charge in [-0.1, -0.05) is 31.8 Å². The molecule has 0 amide bonds. The van der Waals surface area contributed by atoms with Crippen molar-refractivity contribution in [3.8, 4) is 0 Å². The second kappa shape index (κ2) is 5.43. The number of nitrogens with zero attached hydrogens (tertiary/aromatic N) is 2. The summed E-state index contributed by atoms with van der Waals surface area (Å²) in [4.78, 5) is 16.3. The van der Waals surface area contributed by atoms with E-state index in [2.05, 4.69) is 24.0 Å². The summed E-state index contributed by atoms with van der Waals surface area (Å²) in [5.74, 6) is 1.89. The third-order valence-electron chi connectivity index (χ3n) is 3.18. The maximum Gasteiger partial charge on any atom is 0.237 e. The van der Waals surface area contributed by atoms with Gasteiger partial charge in [-0.3, -0.25) is 4.79 Å². The summed E-state index contributed by atoms with van der Waals surface area (Å²) in [7, 11) is 0. The van der Waals surface area contributed by atoms with Crippen LogP contribution in [0.15, 0.2) is 4.52 Å². The fraction of sp³-hybridized carbons (Fsp3) is 0.769. The maximum atomic E-state index is 11.9. The molecule has 1 aromatic heterocycles. The number of carbonyl (C=O) groups is 1. The maximum absolute atomic E-state index is 11.9. The van der Waals surface area contributed by atoms with Gasteiger partial charge in [0.2, 0.25) is 5.89 Å². The summed E-state index contributed by atoms with van der Waals surface area (Å²) in [5, 5.41) is 3.96. The zero-order chi connectivity index (χ0) is 12.3. The zero-order valence-electron chi connectivity index (χ0n) is 10.6. The second-order valence-electron chi connectivity index (χ2n) is 5.27. The Hall–Kier alpha value is -1.19. The summed E-state index contributed by atoms with van der Waals surface area (Å²) in [6.07, 6.45) is 5.55. The largest absolute Gasteiger partial charge is 0.339 e. The Labute approximate surface area is 102 Å².